The van der Waals surface area contributed by atoms with E-state index >= 15 is 0 Å². The Morgan fingerprint density at radius 2 is 1.54 bits per heavy atom. The number of carbonyl (C=O) groups is 3. The first-order valence-electron chi connectivity index (χ1n) is 6.94. The quantitative estimate of drug-likeness (QED) is 0.642. The number of carbonyl (C=O) groups excluding carboxylic acids is 3. The molecule has 1 N–H and O–H groups in total. The Hall–Kier alpha value is -2.73. The third-order valence-corrected chi connectivity index (χ3v) is 3.28. The number of esters is 1. The van der Waals surface area contributed by atoms with Crippen molar-refractivity contribution in [3.8, 4) is 0 Å². The minimum Gasteiger partial charge on any atom is -0.456 e. The van der Waals surface area contributed by atoms with Crippen LogP contribution in [0.5, 0.6) is 0 Å². The lowest BCUT2D eigenvalue weighted by Crippen LogP contribution is -2.31. The third-order valence-electron chi connectivity index (χ3n) is 3.03. The van der Waals surface area contributed by atoms with Crippen LogP contribution in [0.1, 0.15) is 20.7 Å². The third kappa shape index (κ3) is 5.17. The second-order valence-corrected chi connectivity index (χ2v) is 5.22. The summed E-state index contributed by atoms with van der Waals surface area (Å²) in [7, 11) is 0. The molecule has 0 radical (unpaired) electrons. The first kappa shape index (κ1) is 17.6. The minimum absolute atomic E-state index is 0.210. The number of amides is 1. The van der Waals surface area contributed by atoms with Crippen LogP contribution >= 0.6 is 11.6 Å². The van der Waals surface area contributed by atoms with E-state index in [1.807, 2.05) is 0 Å². The van der Waals surface area contributed by atoms with Gasteiger partial charge < -0.3 is 10.1 Å². The van der Waals surface area contributed by atoms with Crippen LogP contribution in [0.4, 0.5) is 4.39 Å². The molecule has 24 heavy (non-hydrogen) atoms. The smallest absolute Gasteiger partial charge is 0.325 e. The Balaban J connectivity index is 1.77. The molecule has 7 heteroatoms. The normalized spacial score (nSPS) is 10.1. The fraction of sp³-hybridized carbons (Fsp3) is 0.118. The molecule has 0 saturated carbocycles. The highest BCUT2D eigenvalue weighted by atomic mass is 35.5. The molecule has 2 rings (SSSR count). The number of Topliss-reactive ketones (excluding diaryl/α,β-unsaturated/α-hetero) is 1. The zero-order chi connectivity index (χ0) is 17.5. The van der Waals surface area contributed by atoms with Gasteiger partial charge in [0.15, 0.2) is 12.4 Å². The molecule has 0 heterocycles. The number of hydrogen-bond donors (Lipinski definition) is 1. The molecular weight excluding hydrogens is 337 g/mol. The number of hydrogen-bond acceptors (Lipinski definition) is 4. The topological polar surface area (TPSA) is 72.5 Å². The molecule has 0 aliphatic heterocycles. The van der Waals surface area contributed by atoms with Gasteiger partial charge in [-0.3, -0.25) is 14.4 Å². The molecule has 0 atom stereocenters. The molecular formula is C17H13ClFNO4. The average Bonchev–Trinajstić information content (AvgIpc) is 2.58. The molecule has 0 saturated heterocycles. The van der Waals surface area contributed by atoms with Crippen LogP contribution in [0.15, 0.2) is 48.5 Å². The number of nitrogens with one attached hydrogen (secondary N) is 1. The summed E-state index contributed by atoms with van der Waals surface area (Å²) in [6, 6.07) is 11.0. The lowest BCUT2D eigenvalue weighted by Gasteiger charge is -2.06. The first-order valence-corrected chi connectivity index (χ1v) is 7.31. The van der Waals surface area contributed by atoms with Crippen LogP contribution in [0.2, 0.25) is 5.02 Å². The number of ketones is 1. The van der Waals surface area contributed by atoms with Gasteiger partial charge in [-0.25, -0.2) is 4.39 Å². The molecule has 0 spiro atoms. The molecule has 5 nitrogen and oxygen atoms in total. The standard InChI is InChI=1S/C17H13ClFNO4/c18-13-5-1-11(2-6-13)15(21)10-24-16(22)9-20-17(23)12-3-7-14(19)8-4-12/h1-8H,9-10H2,(H,20,23). The molecule has 0 unspecified atom stereocenters. The van der Waals surface area contributed by atoms with Gasteiger partial charge in [-0.15, -0.1) is 0 Å². The van der Waals surface area contributed by atoms with Crippen LogP contribution in [0, 0.1) is 5.82 Å². The zero-order valence-corrected chi connectivity index (χ0v) is 13.2. The van der Waals surface area contributed by atoms with E-state index in [4.69, 9.17) is 16.3 Å². The molecule has 0 fully saturated rings. The summed E-state index contributed by atoms with van der Waals surface area (Å²) in [5.41, 5.74) is 0.573. The van der Waals surface area contributed by atoms with Gasteiger partial charge in [0.2, 0.25) is 0 Å². The Labute approximate surface area is 142 Å². The van der Waals surface area contributed by atoms with Crippen LogP contribution in [0.25, 0.3) is 0 Å². The molecule has 0 aromatic heterocycles. The molecule has 1 amide bonds. The molecule has 2 aromatic rings. The number of ether oxygens (including phenoxy) is 1. The van der Waals surface area contributed by atoms with Gasteiger partial charge >= 0.3 is 5.97 Å². The SMILES string of the molecule is O=C(CNC(=O)c1ccc(F)cc1)OCC(=O)c1ccc(Cl)cc1. The Morgan fingerprint density at radius 1 is 0.958 bits per heavy atom. The van der Waals surface area contributed by atoms with E-state index in [2.05, 4.69) is 5.32 Å². The van der Waals surface area contributed by atoms with Gasteiger partial charge in [0.1, 0.15) is 12.4 Å². The Kier molecular flexibility index (Phi) is 6.03. The van der Waals surface area contributed by atoms with E-state index in [-0.39, 0.29) is 11.3 Å². The molecule has 0 aliphatic rings. The second kappa shape index (κ2) is 8.21. The highest BCUT2D eigenvalue weighted by molar-refractivity contribution is 6.30. The average molecular weight is 350 g/mol. The first-order chi connectivity index (χ1) is 11.5. The monoisotopic (exact) mass is 349 g/mol. The summed E-state index contributed by atoms with van der Waals surface area (Å²) in [5.74, 6) is -2.15. The summed E-state index contributed by atoms with van der Waals surface area (Å²) in [6.45, 7) is -0.836. The maximum Gasteiger partial charge on any atom is 0.325 e. The molecule has 124 valence electrons. The fourth-order valence-electron chi connectivity index (χ4n) is 1.77. The van der Waals surface area contributed by atoms with Crippen LogP contribution in [-0.4, -0.2) is 30.8 Å². The minimum atomic E-state index is -0.757. The van der Waals surface area contributed by atoms with Gasteiger partial charge in [0.05, 0.1) is 0 Å². The summed E-state index contributed by atoms with van der Waals surface area (Å²) >= 11 is 5.72. The van der Waals surface area contributed by atoms with Crippen LogP contribution in [-0.2, 0) is 9.53 Å². The number of halogens is 2. The zero-order valence-electron chi connectivity index (χ0n) is 12.4. The van der Waals surface area contributed by atoms with E-state index in [1.54, 1.807) is 12.1 Å². The Bertz CT molecular complexity index is 681. The van der Waals surface area contributed by atoms with Crippen molar-refractivity contribution in [1.82, 2.24) is 5.32 Å². The van der Waals surface area contributed by atoms with Crippen molar-refractivity contribution in [2.45, 2.75) is 0 Å². The predicted molar refractivity (Wildman–Crippen MR) is 85.5 cm³/mol. The van der Waals surface area contributed by atoms with Crippen molar-refractivity contribution in [2.24, 2.45) is 0 Å². The van der Waals surface area contributed by atoms with Crippen LogP contribution in [0.3, 0.4) is 0 Å². The summed E-state index contributed by atoms with van der Waals surface area (Å²) in [6.07, 6.45) is 0. The molecule has 0 bridgehead atoms. The lowest BCUT2D eigenvalue weighted by molar-refractivity contribution is -0.141. The van der Waals surface area contributed by atoms with E-state index in [0.29, 0.717) is 10.6 Å². The summed E-state index contributed by atoms with van der Waals surface area (Å²) in [4.78, 5) is 35.1. The van der Waals surface area contributed by atoms with Crippen LogP contribution < -0.4 is 5.32 Å². The summed E-state index contributed by atoms with van der Waals surface area (Å²) in [5, 5.41) is 2.82. The van der Waals surface area contributed by atoms with Crippen molar-refractivity contribution in [3.63, 3.8) is 0 Å². The maximum absolute atomic E-state index is 12.8. The van der Waals surface area contributed by atoms with Gasteiger partial charge in [0.25, 0.3) is 5.91 Å². The fourth-order valence-corrected chi connectivity index (χ4v) is 1.90. The van der Waals surface area contributed by atoms with Gasteiger partial charge in [-0.2, -0.15) is 0 Å². The number of benzene rings is 2. The summed E-state index contributed by atoms with van der Waals surface area (Å²) < 4.78 is 17.6. The molecule has 2 aromatic carbocycles. The largest absolute Gasteiger partial charge is 0.456 e. The molecule has 0 aliphatic carbocycles. The van der Waals surface area contributed by atoms with Crippen molar-refractivity contribution >= 4 is 29.3 Å². The Morgan fingerprint density at radius 3 is 2.17 bits per heavy atom. The van der Waals surface area contributed by atoms with Crippen molar-refractivity contribution in [1.29, 1.82) is 0 Å². The maximum atomic E-state index is 12.8. The van der Waals surface area contributed by atoms with Crippen molar-refractivity contribution in [2.75, 3.05) is 13.2 Å². The predicted octanol–water partition coefficient (Wildman–Crippen LogP) is 2.64. The van der Waals surface area contributed by atoms with E-state index in [9.17, 15) is 18.8 Å². The highest BCUT2D eigenvalue weighted by Crippen LogP contribution is 2.10. The van der Waals surface area contributed by atoms with E-state index < -0.39 is 30.8 Å². The van der Waals surface area contributed by atoms with Gasteiger partial charge in [-0.1, -0.05) is 11.6 Å². The van der Waals surface area contributed by atoms with Gasteiger partial charge in [0, 0.05) is 16.1 Å². The van der Waals surface area contributed by atoms with Crippen molar-refractivity contribution in [3.05, 3.63) is 70.5 Å². The van der Waals surface area contributed by atoms with Crippen molar-refractivity contribution < 1.29 is 23.5 Å². The number of rotatable bonds is 6. The van der Waals surface area contributed by atoms with Gasteiger partial charge in [-0.05, 0) is 48.5 Å². The highest BCUT2D eigenvalue weighted by Gasteiger charge is 2.12. The lowest BCUT2D eigenvalue weighted by atomic mass is 10.1. The van der Waals surface area contributed by atoms with E-state index in [0.717, 1.165) is 12.1 Å². The second-order valence-electron chi connectivity index (χ2n) is 4.78. The van der Waals surface area contributed by atoms with E-state index in [1.165, 1.54) is 24.3 Å².